The Balaban J connectivity index is 1.69. The lowest BCUT2D eigenvalue weighted by molar-refractivity contribution is -0.119. The van der Waals surface area contributed by atoms with Gasteiger partial charge in [0.1, 0.15) is 17.5 Å². The third kappa shape index (κ3) is 6.15. The van der Waals surface area contributed by atoms with Gasteiger partial charge in [-0.25, -0.2) is 0 Å². The van der Waals surface area contributed by atoms with Gasteiger partial charge in [0.2, 0.25) is 5.91 Å². The van der Waals surface area contributed by atoms with E-state index in [1.807, 2.05) is 53.2 Å². The van der Waals surface area contributed by atoms with Crippen LogP contribution in [0.25, 0.3) is 11.3 Å². The first-order valence-corrected chi connectivity index (χ1v) is 12.8. The van der Waals surface area contributed by atoms with Crippen molar-refractivity contribution in [3.05, 3.63) is 70.9 Å². The van der Waals surface area contributed by atoms with E-state index in [1.165, 1.54) is 6.26 Å². The van der Waals surface area contributed by atoms with Gasteiger partial charge in [-0.2, -0.15) is 0 Å². The second-order valence-corrected chi connectivity index (χ2v) is 10.2. The molecule has 0 atom stereocenters. The van der Waals surface area contributed by atoms with Crippen molar-refractivity contribution in [2.45, 2.75) is 33.2 Å². The summed E-state index contributed by atoms with van der Waals surface area (Å²) in [7, 11) is 2.05. The molecule has 0 fully saturated rings. The number of carbonyl (C=O) groups is 2. The number of rotatable bonds is 4. The maximum Gasteiger partial charge on any atom is 0.259 e. The highest BCUT2D eigenvalue weighted by molar-refractivity contribution is 6.30. The molecule has 0 unspecified atom stereocenters. The zero-order chi connectivity index (χ0) is 25.7. The predicted octanol–water partition coefficient (Wildman–Crippen LogP) is 5.35. The van der Waals surface area contributed by atoms with E-state index in [0.29, 0.717) is 42.3 Å². The minimum atomic E-state index is -0.163. The molecule has 2 amide bonds. The molecule has 0 aliphatic carbocycles. The van der Waals surface area contributed by atoms with E-state index in [-0.39, 0.29) is 17.7 Å². The number of aromatic nitrogens is 1. The van der Waals surface area contributed by atoms with Gasteiger partial charge in [0.25, 0.3) is 5.91 Å². The van der Waals surface area contributed by atoms with Crippen LogP contribution in [-0.2, 0) is 11.3 Å². The minimum absolute atomic E-state index is 0.112. The lowest BCUT2D eigenvalue weighted by Crippen LogP contribution is -2.37. The average Bonchev–Trinajstić information content (AvgIpc) is 3.33. The molecule has 8 heteroatoms. The zero-order valence-corrected chi connectivity index (χ0v) is 21.9. The van der Waals surface area contributed by atoms with E-state index in [2.05, 4.69) is 23.9 Å². The fourth-order valence-corrected chi connectivity index (χ4v) is 4.61. The minimum Gasteiger partial charge on any atom is -0.363 e. The summed E-state index contributed by atoms with van der Waals surface area (Å²) in [4.78, 5) is 33.0. The summed E-state index contributed by atoms with van der Waals surface area (Å²) in [6, 6.07) is 15.1. The van der Waals surface area contributed by atoms with Crippen molar-refractivity contribution in [1.29, 1.82) is 0 Å². The molecule has 0 bridgehead atoms. The van der Waals surface area contributed by atoms with Gasteiger partial charge in [0.05, 0.1) is 0 Å². The third-order valence-electron chi connectivity index (χ3n) is 6.41. The summed E-state index contributed by atoms with van der Waals surface area (Å²) in [5, 5.41) is 4.73. The Kier molecular flexibility index (Phi) is 8.44. The van der Waals surface area contributed by atoms with E-state index in [1.54, 1.807) is 12.1 Å². The van der Waals surface area contributed by atoms with Gasteiger partial charge < -0.3 is 19.2 Å². The lowest BCUT2D eigenvalue weighted by Gasteiger charge is -2.28. The highest BCUT2D eigenvalue weighted by Crippen LogP contribution is 2.28. The molecule has 0 radical (unpaired) electrons. The van der Waals surface area contributed by atoms with Crippen LogP contribution in [0.3, 0.4) is 0 Å². The molecule has 1 aliphatic rings. The Morgan fingerprint density at radius 1 is 1.03 bits per heavy atom. The van der Waals surface area contributed by atoms with Crippen LogP contribution < -0.4 is 4.90 Å². The first kappa shape index (κ1) is 25.9. The van der Waals surface area contributed by atoms with Crippen molar-refractivity contribution >= 4 is 29.1 Å². The first-order valence-electron chi connectivity index (χ1n) is 12.4. The molecule has 7 nitrogen and oxygen atoms in total. The van der Waals surface area contributed by atoms with Crippen molar-refractivity contribution in [3.8, 4) is 11.3 Å². The molecule has 0 saturated heterocycles. The average molecular weight is 509 g/mol. The smallest absolute Gasteiger partial charge is 0.259 e. The Labute approximate surface area is 217 Å². The summed E-state index contributed by atoms with van der Waals surface area (Å²) in [5.74, 6) is 0.216. The van der Waals surface area contributed by atoms with E-state index in [9.17, 15) is 9.59 Å². The van der Waals surface area contributed by atoms with E-state index >= 15 is 0 Å². The number of nitrogens with zero attached hydrogens (tertiary/aromatic N) is 4. The summed E-state index contributed by atoms with van der Waals surface area (Å²) in [6.45, 7) is 7.22. The van der Waals surface area contributed by atoms with Gasteiger partial charge >= 0.3 is 0 Å². The lowest BCUT2D eigenvalue weighted by atomic mass is 10.1. The van der Waals surface area contributed by atoms with E-state index in [4.69, 9.17) is 16.1 Å². The van der Waals surface area contributed by atoms with Crippen LogP contribution in [-0.4, -0.2) is 60.0 Å². The van der Waals surface area contributed by atoms with E-state index < -0.39 is 0 Å². The fraction of sp³-hybridized carbons (Fsp3) is 0.393. The van der Waals surface area contributed by atoms with Crippen molar-refractivity contribution in [2.24, 2.45) is 5.92 Å². The predicted molar refractivity (Wildman–Crippen MR) is 142 cm³/mol. The van der Waals surface area contributed by atoms with Crippen LogP contribution in [0, 0.1) is 5.92 Å². The Bertz CT molecular complexity index is 1190. The topological polar surface area (TPSA) is 69.9 Å². The van der Waals surface area contributed by atoms with Gasteiger partial charge in [-0.3, -0.25) is 9.59 Å². The number of hydrogen-bond acceptors (Lipinski definition) is 5. The second-order valence-electron chi connectivity index (χ2n) is 9.74. The van der Waals surface area contributed by atoms with Crippen LogP contribution >= 0.6 is 11.6 Å². The third-order valence-corrected chi connectivity index (χ3v) is 6.66. The number of halogens is 1. The number of anilines is 1. The largest absolute Gasteiger partial charge is 0.363 e. The van der Waals surface area contributed by atoms with Crippen LogP contribution in [0.1, 0.15) is 42.6 Å². The van der Waals surface area contributed by atoms with Crippen molar-refractivity contribution in [3.63, 3.8) is 0 Å². The maximum absolute atomic E-state index is 13.8. The van der Waals surface area contributed by atoms with Crippen LogP contribution in [0.5, 0.6) is 0 Å². The molecule has 0 saturated carbocycles. The zero-order valence-electron chi connectivity index (χ0n) is 21.1. The maximum atomic E-state index is 13.8. The Morgan fingerprint density at radius 2 is 1.78 bits per heavy atom. The highest BCUT2D eigenvalue weighted by atomic mass is 35.5. The number of carbonyl (C=O) groups excluding carboxylic acids is 2. The summed E-state index contributed by atoms with van der Waals surface area (Å²) < 4.78 is 5.25. The quantitative estimate of drug-likeness (QED) is 0.475. The Hall–Kier alpha value is -3.16. The number of amides is 2. The number of fused-ring (bicyclic) bond motifs is 1. The molecular formula is C28H33ClN4O3. The van der Waals surface area contributed by atoms with Crippen molar-refractivity contribution in [1.82, 2.24) is 15.0 Å². The number of para-hydroxylation sites is 1. The molecule has 4 rings (SSSR count). The molecular weight excluding hydrogens is 476 g/mol. The van der Waals surface area contributed by atoms with Crippen LogP contribution in [0.15, 0.2) is 59.3 Å². The summed E-state index contributed by atoms with van der Waals surface area (Å²) in [5.41, 5.74) is 3.46. The standard InChI is InChI=1S/C28H33ClN4O3/c1-20(2)17-26(34)33-14-6-13-31(3)15-16-32(18-22-7-4-5-8-25(22)33)28(35)24-19-36-30-27(24)21-9-11-23(29)12-10-21/h4-5,7-12,19-20H,6,13-18H2,1-3H3. The molecule has 0 N–H and O–H groups in total. The molecule has 36 heavy (non-hydrogen) atoms. The summed E-state index contributed by atoms with van der Waals surface area (Å²) >= 11 is 6.04. The molecule has 2 heterocycles. The van der Waals surface area contributed by atoms with Gasteiger partial charge in [-0.05, 0) is 49.7 Å². The van der Waals surface area contributed by atoms with Crippen LogP contribution in [0.2, 0.25) is 5.02 Å². The number of benzene rings is 2. The van der Waals surface area contributed by atoms with E-state index in [0.717, 1.165) is 36.3 Å². The van der Waals surface area contributed by atoms with Crippen LogP contribution in [0.4, 0.5) is 5.69 Å². The number of likely N-dealkylation sites (N-methyl/N-ethyl adjacent to an activating group) is 1. The van der Waals surface area contributed by atoms with Gasteiger partial charge in [0, 0.05) is 48.9 Å². The molecule has 2 aromatic carbocycles. The second kappa shape index (κ2) is 11.7. The van der Waals surface area contributed by atoms with Gasteiger partial charge in [-0.1, -0.05) is 60.9 Å². The molecule has 1 aromatic heterocycles. The monoisotopic (exact) mass is 508 g/mol. The summed E-state index contributed by atoms with van der Waals surface area (Å²) in [6.07, 6.45) is 2.75. The van der Waals surface area contributed by atoms with Gasteiger partial charge in [0.15, 0.2) is 0 Å². The number of hydrogen-bond donors (Lipinski definition) is 0. The molecule has 0 spiro atoms. The Morgan fingerprint density at radius 3 is 2.53 bits per heavy atom. The highest BCUT2D eigenvalue weighted by Gasteiger charge is 2.26. The van der Waals surface area contributed by atoms with Crippen molar-refractivity contribution in [2.75, 3.05) is 38.1 Å². The SMILES string of the molecule is CC(C)CC(=O)N1CCCN(C)CCN(C(=O)c2conc2-c2ccc(Cl)cc2)Cc2ccccc21. The molecule has 3 aromatic rings. The molecule has 1 aliphatic heterocycles. The molecule has 190 valence electrons. The normalized spacial score (nSPS) is 15.5. The van der Waals surface area contributed by atoms with Crippen molar-refractivity contribution < 1.29 is 14.1 Å². The first-order chi connectivity index (χ1) is 17.3. The fourth-order valence-electron chi connectivity index (χ4n) is 4.48. The van der Waals surface area contributed by atoms with Gasteiger partial charge in [-0.15, -0.1) is 0 Å².